The molecule has 0 unspecified atom stereocenters. The number of ether oxygens (including phenoxy) is 1. The van der Waals surface area contributed by atoms with E-state index >= 15 is 0 Å². The Labute approximate surface area is 116 Å². The summed E-state index contributed by atoms with van der Waals surface area (Å²) in [5.41, 5.74) is -0.579. The first-order chi connectivity index (χ1) is 8.58. The summed E-state index contributed by atoms with van der Waals surface area (Å²) in [4.78, 5) is 23.6. The first-order valence-electron chi connectivity index (χ1n) is 7.04. The number of rotatable bonds is 7. The van der Waals surface area contributed by atoms with Crippen molar-refractivity contribution in [3.05, 3.63) is 0 Å². The second-order valence-electron chi connectivity index (χ2n) is 6.50. The maximum absolute atomic E-state index is 12.2. The first kappa shape index (κ1) is 17.9. The van der Waals surface area contributed by atoms with Gasteiger partial charge in [-0.1, -0.05) is 27.2 Å². The number of carboxylic acid groups (broad SMARTS) is 1. The van der Waals surface area contributed by atoms with Gasteiger partial charge < -0.3 is 9.84 Å². The normalized spacial score (nSPS) is 15.1. The Hall–Kier alpha value is -1.06. The number of carboxylic acids is 1. The minimum atomic E-state index is -0.905. The quantitative estimate of drug-likeness (QED) is 0.720. The third-order valence-corrected chi connectivity index (χ3v) is 2.84. The fraction of sp³-hybridized carbons (Fsp3) is 0.867. The summed E-state index contributed by atoms with van der Waals surface area (Å²) in [7, 11) is 0. The maximum Gasteiger partial charge on any atom is 0.310 e. The van der Waals surface area contributed by atoms with Crippen LogP contribution in [-0.4, -0.2) is 22.6 Å². The summed E-state index contributed by atoms with van der Waals surface area (Å²) in [5, 5.41) is 9.36. The molecule has 0 rings (SSSR count). The Morgan fingerprint density at radius 1 is 1.16 bits per heavy atom. The number of aliphatic carboxylic acids is 1. The van der Waals surface area contributed by atoms with Gasteiger partial charge in [-0.05, 0) is 39.5 Å². The van der Waals surface area contributed by atoms with E-state index in [4.69, 9.17) is 4.74 Å². The molecule has 0 aliphatic rings. The van der Waals surface area contributed by atoms with Crippen molar-refractivity contribution in [1.29, 1.82) is 0 Å². The highest BCUT2D eigenvalue weighted by Gasteiger charge is 2.36. The number of hydrogen-bond acceptors (Lipinski definition) is 3. The van der Waals surface area contributed by atoms with E-state index in [1.807, 2.05) is 20.8 Å². The molecule has 0 saturated heterocycles. The molecule has 0 aliphatic heterocycles. The van der Waals surface area contributed by atoms with E-state index in [0.29, 0.717) is 12.8 Å². The maximum atomic E-state index is 12.2. The SMILES string of the molecule is CCC[C@@H](C(=O)OC(C)(C)C)[C@@H](CC(C)C)C(=O)O. The molecule has 4 heteroatoms. The Bertz CT molecular complexity index is 302. The molecule has 19 heavy (non-hydrogen) atoms. The van der Waals surface area contributed by atoms with Crippen LogP contribution in [0.2, 0.25) is 0 Å². The lowest BCUT2D eigenvalue weighted by Crippen LogP contribution is -2.36. The Morgan fingerprint density at radius 2 is 1.68 bits per heavy atom. The summed E-state index contributed by atoms with van der Waals surface area (Å²) >= 11 is 0. The monoisotopic (exact) mass is 272 g/mol. The van der Waals surface area contributed by atoms with Crippen molar-refractivity contribution in [3.63, 3.8) is 0 Å². The van der Waals surface area contributed by atoms with Gasteiger partial charge in [0.2, 0.25) is 0 Å². The van der Waals surface area contributed by atoms with Gasteiger partial charge in [0.15, 0.2) is 0 Å². The van der Waals surface area contributed by atoms with Crippen molar-refractivity contribution in [3.8, 4) is 0 Å². The Morgan fingerprint density at radius 3 is 2.00 bits per heavy atom. The second-order valence-corrected chi connectivity index (χ2v) is 6.50. The van der Waals surface area contributed by atoms with Crippen LogP contribution in [0.4, 0.5) is 0 Å². The summed E-state index contributed by atoms with van der Waals surface area (Å²) < 4.78 is 5.36. The summed E-state index contributed by atoms with van der Waals surface area (Å²) in [6.07, 6.45) is 1.82. The second kappa shape index (κ2) is 7.51. The molecule has 2 atom stereocenters. The first-order valence-corrected chi connectivity index (χ1v) is 7.04. The Balaban J connectivity index is 5.02. The van der Waals surface area contributed by atoms with Gasteiger partial charge in [0, 0.05) is 0 Å². The van der Waals surface area contributed by atoms with Crippen LogP contribution >= 0.6 is 0 Å². The van der Waals surface area contributed by atoms with Gasteiger partial charge in [-0.2, -0.15) is 0 Å². The average molecular weight is 272 g/mol. The van der Waals surface area contributed by atoms with Crippen molar-refractivity contribution < 1.29 is 19.4 Å². The van der Waals surface area contributed by atoms with Crippen LogP contribution < -0.4 is 0 Å². The zero-order valence-corrected chi connectivity index (χ0v) is 13.0. The Kier molecular flexibility index (Phi) is 7.09. The third kappa shape index (κ3) is 7.19. The molecule has 0 aliphatic carbocycles. The van der Waals surface area contributed by atoms with Crippen LogP contribution in [0.15, 0.2) is 0 Å². The van der Waals surface area contributed by atoms with Crippen LogP contribution in [-0.2, 0) is 14.3 Å². The van der Waals surface area contributed by atoms with Crippen molar-refractivity contribution in [1.82, 2.24) is 0 Å². The molecular weight excluding hydrogens is 244 g/mol. The van der Waals surface area contributed by atoms with Crippen molar-refractivity contribution in [2.24, 2.45) is 17.8 Å². The number of esters is 1. The molecule has 4 nitrogen and oxygen atoms in total. The van der Waals surface area contributed by atoms with Gasteiger partial charge in [-0.25, -0.2) is 0 Å². The average Bonchev–Trinajstić information content (AvgIpc) is 2.19. The van der Waals surface area contributed by atoms with E-state index in [9.17, 15) is 14.7 Å². The van der Waals surface area contributed by atoms with Crippen LogP contribution in [0.3, 0.4) is 0 Å². The van der Waals surface area contributed by atoms with E-state index in [0.717, 1.165) is 6.42 Å². The zero-order valence-electron chi connectivity index (χ0n) is 13.0. The molecule has 0 aromatic rings. The van der Waals surface area contributed by atoms with Crippen molar-refractivity contribution >= 4 is 11.9 Å². The van der Waals surface area contributed by atoms with Crippen LogP contribution in [0.5, 0.6) is 0 Å². The highest BCUT2D eigenvalue weighted by molar-refractivity contribution is 5.81. The van der Waals surface area contributed by atoms with E-state index in [-0.39, 0.29) is 11.9 Å². The van der Waals surface area contributed by atoms with Crippen molar-refractivity contribution in [2.45, 2.75) is 66.4 Å². The van der Waals surface area contributed by atoms with Crippen molar-refractivity contribution in [2.75, 3.05) is 0 Å². The minimum Gasteiger partial charge on any atom is -0.481 e. The van der Waals surface area contributed by atoms with Crippen LogP contribution in [0.25, 0.3) is 0 Å². The van der Waals surface area contributed by atoms with E-state index < -0.39 is 23.4 Å². The van der Waals surface area contributed by atoms with Gasteiger partial charge in [0.25, 0.3) is 0 Å². The fourth-order valence-electron chi connectivity index (χ4n) is 2.12. The standard InChI is InChI=1S/C15H28O4/c1-7-8-11(14(18)19-15(4,5)6)12(13(16)17)9-10(2)3/h10-12H,7-9H2,1-6H3,(H,16,17)/t11-,12-/m1/s1. The molecule has 0 fully saturated rings. The molecule has 0 amide bonds. The predicted molar refractivity (Wildman–Crippen MR) is 74.8 cm³/mol. The smallest absolute Gasteiger partial charge is 0.310 e. The van der Waals surface area contributed by atoms with E-state index in [2.05, 4.69) is 0 Å². The minimum absolute atomic E-state index is 0.239. The zero-order chi connectivity index (χ0) is 15.2. The number of carbonyl (C=O) groups is 2. The van der Waals surface area contributed by atoms with Crippen LogP contribution in [0.1, 0.15) is 60.8 Å². The van der Waals surface area contributed by atoms with E-state index in [1.54, 1.807) is 20.8 Å². The molecule has 0 bridgehead atoms. The van der Waals surface area contributed by atoms with Gasteiger partial charge in [-0.15, -0.1) is 0 Å². The topological polar surface area (TPSA) is 63.6 Å². The highest BCUT2D eigenvalue weighted by atomic mass is 16.6. The van der Waals surface area contributed by atoms with E-state index in [1.165, 1.54) is 0 Å². The molecule has 1 N–H and O–H groups in total. The molecule has 0 heterocycles. The van der Waals surface area contributed by atoms with Gasteiger partial charge in [0.05, 0.1) is 11.8 Å². The highest BCUT2D eigenvalue weighted by Crippen LogP contribution is 2.27. The molecule has 0 aromatic carbocycles. The largest absolute Gasteiger partial charge is 0.481 e. The molecule has 112 valence electrons. The summed E-state index contributed by atoms with van der Waals surface area (Å²) in [6, 6.07) is 0. The number of carbonyl (C=O) groups excluding carboxylic acids is 1. The lowest BCUT2D eigenvalue weighted by Gasteiger charge is -2.27. The number of hydrogen-bond donors (Lipinski definition) is 1. The lowest BCUT2D eigenvalue weighted by molar-refractivity contribution is -0.167. The molecule has 0 saturated carbocycles. The molecular formula is C15H28O4. The third-order valence-electron chi connectivity index (χ3n) is 2.84. The summed E-state index contributed by atoms with van der Waals surface area (Å²) in [5.74, 6) is -2.26. The molecule has 0 aromatic heterocycles. The van der Waals surface area contributed by atoms with Gasteiger partial charge >= 0.3 is 11.9 Å². The fourth-order valence-corrected chi connectivity index (χ4v) is 2.12. The van der Waals surface area contributed by atoms with Gasteiger partial charge in [-0.3, -0.25) is 9.59 Å². The van der Waals surface area contributed by atoms with Crippen LogP contribution in [0, 0.1) is 17.8 Å². The summed E-state index contributed by atoms with van der Waals surface area (Å²) in [6.45, 7) is 11.3. The molecule has 0 spiro atoms. The van der Waals surface area contributed by atoms with Gasteiger partial charge in [0.1, 0.15) is 5.60 Å². The predicted octanol–water partition coefficient (Wildman–Crippen LogP) is 3.49. The molecule has 0 radical (unpaired) electrons. The lowest BCUT2D eigenvalue weighted by atomic mass is 9.82.